The van der Waals surface area contributed by atoms with Crippen LogP contribution in [-0.2, 0) is 41.4 Å². The molecule has 4 rings (SSSR count). The fourth-order valence-electron chi connectivity index (χ4n) is 4.66. The van der Waals surface area contributed by atoms with Crippen molar-refractivity contribution in [2.75, 3.05) is 27.3 Å². The lowest BCUT2D eigenvalue weighted by Crippen LogP contribution is -2.49. The number of carbonyl (C=O) groups excluding carboxylic acids is 2. The summed E-state index contributed by atoms with van der Waals surface area (Å²) in [5, 5.41) is 26.1. The summed E-state index contributed by atoms with van der Waals surface area (Å²) in [4.78, 5) is 25.3. The number of likely N-dealkylation sites (N-methyl/N-ethyl adjacent to an activating group) is 2. The van der Waals surface area contributed by atoms with Crippen molar-refractivity contribution >= 4 is 11.9 Å². The standard InChI is InChI=1S/C26H30F2N2O8/c1-29-23(21-17-13(9-11-35-21)5-3-7-15(17)27)37-25(33)19(31)20(32)26(34)38-24(30-2)22-18-14(10-12-36-22)6-4-8-16(18)28/h3-8,19-24,29-32H,9-12H2,1-2H3/t19?,20?,21-,22-,23?,24?/m1/s1. The van der Waals surface area contributed by atoms with E-state index in [1.54, 1.807) is 24.3 Å². The van der Waals surface area contributed by atoms with Crippen LogP contribution in [0.5, 0.6) is 0 Å². The van der Waals surface area contributed by atoms with Gasteiger partial charge in [-0.15, -0.1) is 0 Å². The summed E-state index contributed by atoms with van der Waals surface area (Å²) in [6, 6.07) is 9.09. The quantitative estimate of drug-likeness (QED) is 0.269. The van der Waals surface area contributed by atoms with E-state index in [4.69, 9.17) is 18.9 Å². The van der Waals surface area contributed by atoms with Crippen LogP contribution in [0, 0.1) is 11.6 Å². The van der Waals surface area contributed by atoms with Crippen molar-refractivity contribution in [2.45, 2.75) is 49.7 Å². The summed E-state index contributed by atoms with van der Waals surface area (Å²) in [7, 11) is 2.87. The SMILES string of the molecule is CNC(OC(=O)C(O)C(O)C(=O)OC(NC)[C@@H]1OCCc2cccc(F)c21)[C@@H]1OCCc2cccc(F)c21. The van der Waals surface area contributed by atoms with Crippen LogP contribution >= 0.6 is 0 Å². The molecule has 0 saturated carbocycles. The number of carbonyl (C=O) groups is 2. The van der Waals surface area contributed by atoms with E-state index in [9.17, 15) is 28.6 Å². The lowest BCUT2D eigenvalue weighted by atomic mass is 9.96. The van der Waals surface area contributed by atoms with Gasteiger partial charge >= 0.3 is 11.9 Å². The van der Waals surface area contributed by atoms with Crippen molar-refractivity contribution < 1.29 is 47.5 Å². The van der Waals surface area contributed by atoms with Crippen molar-refractivity contribution in [3.8, 4) is 0 Å². The van der Waals surface area contributed by atoms with Gasteiger partial charge in [-0.05, 0) is 50.2 Å². The molecule has 4 N–H and O–H groups in total. The average Bonchev–Trinajstić information content (AvgIpc) is 2.93. The highest BCUT2D eigenvalue weighted by molar-refractivity contribution is 5.85. The first-order valence-electron chi connectivity index (χ1n) is 12.2. The minimum absolute atomic E-state index is 0.206. The average molecular weight is 537 g/mol. The molecule has 0 aliphatic carbocycles. The molecule has 12 heteroatoms. The Kier molecular flexibility index (Phi) is 9.03. The number of halogens is 2. The van der Waals surface area contributed by atoms with Gasteiger partial charge in [0.2, 0.25) is 0 Å². The summed E-state index contributed by atoms with van der Waals surface area (Å²) in [6.07, 6.45) is -8.28. The van der Waals surface area contributed by atoms with Crippen LogP contribution in [0.15, 0.2) is 36.4 Å². The fraction of sp³-hybridized carbons (Fsp3) is 0.462. The Morgan fingerprint density at radius 1 is 0.816 bits per heavy atom. The summed E-state index contributed by atoms with van der Waals surface area (Å²) in [5.41, 5.74) is 1.78. The van der Waals surface area contributed by atoms with Crippen LogP contribution in [0.25, 0.3) is 0 Å². The molecular formula is C26H30F2N2O8. The molecule has 0 bridgehead atoms. The molecule has 2 aromatic carbocycles. The Balaban J connectivity index is 1.42. The summed E-state index contributed by atoms with van der Waals surface area (Å²) >= 11 is 0. The van der Waals surface area contributed by atoms with Crippen LogP contribution in [0.2, 0.25) is 0 Å². The summed E-state index contributed by atoms with van der Waals surface area (Å²) in [5.74, 6) is -3.83. The van der Waals surface area contributed by atoms with Crippen LogP contribution in [0.3, 0.4) is 0 Å². The van der Waals surface area contributed by atoms with Gasteiger partial charge in [0.1, 0.15) is 23.8 Å². The number of benzene rings is 2. The van der Waals surface area contributed by atoms with Gasteiger partial charge in [0, 0.05) is 11.1 Å². The van der Waals surface area contributed by atoms with Crippen molar-refractivity contribution in [2.24, 2.45) is 0 Å². The van der Waals surface area contributed by atoms with E-state index in [0.29, 0.717) is 24.0 Å². The Labute approximate surface area is 217 Å². The smallest absolute Gasteiger partial charge is 0.340 e. The molecule has 206 valence electrons. The van der Waals surface area contributed by atoms with Crippen molar-refractivity contribution in [1.82, 2.24) is 10.6 Å². The normalized spacial score (nSPS) is 21.8. The fourth-order valence-corrected chi connectivity index (χ4v) is 4.66. The predicted octanol–water partition coefficient (Wildman–Crippen LogP) is 0.792. The summed E-state index contributed by atoms with van der Waals surface area (Å²) < 4.78 is 50.8. The third-order valence-electron chi connectivity index (χ3n) is 6.58. The van der Waals surface area contributed by atoms with E-state index in [0.717, 1.165) is 0 Å². The second-order valence-electron chi connectivity index (χ2n) is 8.89. The number of fused-ring (bicyclic) bond motifs is 2. The molecule has 2 aromatic rings. The number of rotatable bonds is 9. The maximum absolute atomic E-state index is 14.5. The van der Waals surface area contributed by atoms with Gasteiger partial charge in [0.15, 0.2) is 24.7 Å². The van der Waals surface area contributed by atoms with Crippen molar-refractivity contribution in [3.05, 3.63) is 70.3 Å². The van der Waals surface area contributed by atoms with Gasteiger partial charge in [-0.2, -0.15) is 0 Å². The molecule has 0 radical (unpaired) electrons. The molecule has 0 aromatic heterocycles. The summed E-state index contributed by atoms with van der Waals surface area (Å²) in [6.45, 7) is 0.486. The molecule has 2 heterocycles. The Hall–Kier alpha value is -3.00. The lowest BCUT2D eigenvalue weighted by Gasteiger charge is -2.33. The zero-order chi connectivity index (χ0) is 27.4. The van der Waals surface area contributed by atoms with Gasteiger partial charge in [0.05, 0.1) is 13.2 Å². The molecule has 4 unspecified atom stereocenters. The van der Waals surface area contributed by atoms with Crippen LogP contribution in [0.4, 0.5) is 8.78 Å². The zero-order valence-electron chi connectivity index (χ0n) is 20.9. The number of aliphatic hydroxyl groups excluding tert-OH is 2. The van der Waals surface area contributed by atoms with Gasteiger partial charge in [0.25, 0.3) is 0 Å². The number of nitrogens with one attached hydrogen (secondary N) is 2. The third kappa shape index (κ3) is 5.70. The first-order valence-corrected chi connectivity index (χ1v) is 12.2. The maximum atomic E-state index is 14.5. The van der Waals surface area contributed by atoms with Crippen molar-refractivity contribution in [3.63, 3.8) is 0 Å². The van der Waals surface area contributed by atoms with Crippen molar-refractivity contribution in [1.29, 1.82) is 0 Å². The van der Waals surface area contributed by atoms with E-state index in [1.807, 2.05) is 0 Å². The van der Waals surface area contributed by atoms with E-state index in [-0.39, 0.29) is 24.3 Å². The molecule has 0 amide bonds. The minimum Gasteiger partial charge on any atom is -0.441 e. The molecule has 6 atom stereocenters. The number of aliphatic hydroxyl groups is 2. The first-order chi connectivity index (χ1) is 18.3. The van der Waals surface area contributed by atoms with E-state index >= 15 is 0 Å². The van der Waals surface area contributed by atoms with Crippen LogP contribution in [0.1, 0.15) is 34.5 Å². The molecule has 10 nitrogen and oxygen atoms in total. The van der Waals surface area contributed by atoms with Gasteiger partial charge in [-0.25, -0.2) is 18.4 Å². The topological polar surface area (TPSA) is 136 Å². The van der Waals surface area contributed by atoms with Gasteiger partial charge in [-0.3, -0.25) is 10.6 Å². The number of esters is 2. The van der Waals surface area contributed by atoms with Gasteiger partial charge in [-0.1, -0.05) is 24.3 Å². The Morgan fingerprint density at radius 3 is 1.58 bits per heavy atom. The van der Waals surface area contributed by atoms with E-state index < -0.39 is 60.4 Å². The third-order valence-corrected chi connectivity index (χ3v) is 6.58. The number of hydrogen-bond acceptors (Lipinski definition) is 10. The number of hydrogen-bond donors (Lipinski definition) is 4. The highest BCUT2D eigenvalue weighted by atomic mass is 19.1. The molecule has 2 aliphatic heterocycles. The number of ether oxygens (including phenoxy) is 4. The van der Waals surface area contributed by atoms with Crippen LogP contribution < -0.4 is 10.6 Å². The Bertz CT molecular complexity index is 1080. The largest absolute Gasteiger partial charge is 0.441 e. The monoisotopic (exact) mass is 536 g/mol. The molecule has 38 heavy (non-hydrogen) atoms. The molecule has 0 spiro atoms. The highest BCUT2D eigenvalue weighted by Gasteiger charge is 2.40. The van der Waals surface area contributed by atoms with E-state index in [2.05, 4.69) is 10.6 Å². The maximum Gasteiger partial charge on any atom is 0.340 e. The molecule has 0 saturated heterocycles. The Morgan fingerprint density at radius 2 is 1.21 bits per heavy atom. The highest BCUT2D eigenvalue weighted by Crippen LogP contribution is 2.34. The second kappa shape index (κ2) is 12.2. The minimum atomic E-state index is -2.34. The second-order valence-corrected chi connectivity index (χ2v) is 8.89. The van der Waals surface area contributed by atoms with Gasteiger partial charge < -0.3 is 29.2 Å². The molecule has 0 fully saturated rings. The van der Waals surface area contributed by atoms with Crippen LogP contribution in [-0.4, -0.2) is 74.1 Å². The van der Waals surface area contributed by atoms with E-state index in [1.165, 1.54) is 26.2 Å². The first kappa shape index (κ1) is 28.0. The molecular weight excluding hydrogens is 506 g/mol. The lowest BCUT2D eigenvalue weighted by molar-refractivity contribution is -0.190. The predicted molar refractivity (Wildman–Crippen MR) is 127 cm³/mol. The zero-order valence-corrected chi connectivity index (χ0v) is 20.9. The molecule has 2 aliphatic rings.